The SMILES string of the molecule is Nc1nc(Br)cc(NCC(O)CO)n1. The molecule has 6 nitrogen and oxygen atoms in total. The maximum atomic E-state index is 9.06. The summed E-state index contributed by atoms with van der Waals surface area (Å²) in [5.41, 5.74) is 5.39. The van der Waals surface area contributed by atoms with E-state index in [0.29, 0.717) is 10.4 Å². The molecule has 1 atom stereocenters. The van der Waals surface area contributed by atoms with E-state index < -0.39 is 6.10 Å². The van der Waals surface area contributed by atoms with E-state index in [0.717, 1.165) is 0 Å². The number of nitrogens with one attached hydrogen (secondary N) is 1. The summed E-state index contributed by atoms with van der Waals surface area (Å²) in [6.07, 6.45) is -0.815. The summed E-state index contributed by atoms with van der Waals surface area (Å²) in [7, 11) is 0. The third-order valence-electron chi connectivity index (χ3n) is 1.44. The van der Waals surface area contributed by atoms with Crippen LogP contribution in [0.1, 0.15) is 0 Å². The molecule has 14 heavy (non-hydrogen) atoms. The molecule has 0 bridgehead atoms. The Hall–Kier alpha value is -0.920. The van der Waals surface area contributed by atoms with E-state index in [1.807, 2.05) is 0 Å². The van der Waals surface area contributed by atoms with E-state index >= 15 is 0 Å². The second-order valence-electron chi connectivity index (χ2n) is 2.65. The Morgan fingerprint density at radius 2 is 2.29 bits per heavy atom. The van der Waals surface area contributed by atoms with Gasteiger partial charge in [-0.1, -0.05) is 0 Å². The lowest BCUT2D eigenvalue weighted by molar-refractivity contribution is 0.105. The smallest absolute Gasteiger partial charge is 0.223 e. The molecule has 0 aliphatic rings. The second kappa shape index (κ2) is 5.08. The van der Waals surface area contributed by atoms with Gasteiger partial charge in [-0.25, -0.2) is 4.98 Å². The van der Waals surface area contributed by atoms with E-state index in [1.165, 1.54) is 0 Å². The molecule has 0 amide bonds. The molecule has 1 aromatic rings. The molecule has 0 saturated heterocycles. The Labute approximate surface area is 89.3 Å². The molecule has 0 aromatic carbocycles. The van der Waals surface area contributed by atoms with Gasteiger partial charge in [0.05, 0.1) is 12.7 Å². The predicted octanol–water partition coefficient (Wildman–Crippen LogP) is -0.414. The van der Waals surface area contributed by atoms with Crippen molar-refractivity contribution < 1.29 is 10.2 Å². The molecular formula is C7H11BrN4O2. The zero-order valence-electron chi connectivity index (χ0n) is 7.31. The monoisotopic (exact) mass is 262 g/mol. The lowest BCUT2D eigenvalue weighted by Gasteiger charge is -2.09. The molecule has 1 aromatic heterocycles. The van der Waals surface area contributed by atoms with Crippen molar-refractivity contribution in [1.82, 2.24) is 9.97 Å². The summed E-state index contributed by atoms with van der Waals surface area (Å²) in [5, 5.41) is 20.4. The molecule has 7 heteroatoms. The van der Waals surface area contributed by atoms with Crippen LogP contribution >= 0.6 is 15.9 Å². The minimum atomic E-state index is -0.815. The summed E-state index contributed by atoms with van der Waals surface area (Å²) >= 11 is 3.15. The molecule has 0 spiro atoms. The lowest BCUT2D eigenvalue weighted by Crippen LogP contribution is -2.23. The molecule has 1 unspecified atom stereocenters. The van der Waals surface area contributed by atoms with Crippen LogP contribution in [0.15, 0.2) is 10.7 Å². The molecule has 1 heterocycles. The number of anilines is 2. The number of rotatable bonds is 4. The van der Waals surface area contributed by atoms with Crippen LogP contribution in [-0.2, 0) is 0 Å². The minimum Gasteiger partial charge on any atom is -0.394 e. The van der Waals surface area contributed by atoms with Gasteiger partial charge in [0.25, 0.3) is 0 Å². The van der Waals surface area contributed by atoms with Gasteiger partial charge in [-0.15, -0.1) is 0 Å². The van der Waals surface area contributed by atoms with Gasteiger partial charge in [0.2, 0.25) is 5.95 Å². The van der Waals surface area contributed by atoms with Gasteiger partial charge in [-0.05, 0) is 15.9 Å². The molecule has 0 aliphatic heterocycles. The van der Waals surface area contributed by atoms with Crippen molar-refractivity contribution in [2.24, 2.45) is 0 Å². The van der Waals surface area contributed by atoms with Crippen LogP contribution in [0.2, 0.25) is 0 Å². The number of aromatic nitrogens is 2. The van der Waals surface area contributed by atoms with Crippen molar-refractivity contribution in [3.8, 4) is 0 Å². The number of nitrogen functional groups attached to an aromatic ring is 1. The summed E-state index contributed by atoms with van der Waals surface area (Å²) in [5.74, 6) is 0.636. The third-order valence-corrected chi connectivity index (χ3v) is 1.85. The fourth-order valence-corrected chi connectivity index (χ4v) is 1.21. The van der Waals surface area contributed by atoms with Crippen LogP contribution < -0.4 is 11.1 Å². The van der Waals surface area contributed by atoms with Gasteiger partial charge in [0.1, 0.15) is 10.4 Å². The van der Waals surface area contributed by atoms with Gasteiger partial charge in [0.15, 0.2) is 0 Å². The normalized spacial score (nSPS) is 12.5. The number of nitrogens with zero attached hydrogens (tertiary/aromatic N) is 2. The van der Waals surface area contributed by atoms with E-state index in [1.54, 1.807) is 6.07 Å². The standard InChI is InChI=1S/C7H11BrN4O2/c8-5-1-6(12-7(9)11-5)10-2-4(14)3-13/h1,4,13-14H,2-3H2,(H3,9,10,11,12). The van der Waals surface area contributed by atoms with Crippen LogP contribution in [0.25, 0.3) is 0 Å². The van der Waals surface area contributed by atoms with Gasteiger partial charge in [-0.3, -0.25) is 0 Å². The molecule has 0 radical (unpaired) electrons. The Morgan fingerprint density at radius 1 is 1.57 bits per heavy atom. The summed E-state index contributed by atoms with van der Waals surface area (Å²) in [4.78, 5) is 7.69. The first kappa shape index (κ1) is 11.2. The lowest BCUT2D eigenvalue weighted by atomic mass is 10.4. The van der Waals surface area contributed by atoms with E-state index in [-0.39, 0.29) is 19.1 Å². The largest absolute Gasteiger partial charge is 0.394 e. The van der Waals surface area contributed by atoms with Crippen molar-refractivity contribution in [1.29, 1.82) is 0 Å². The first-order chi connectivity index (χ1) is 6.61. The number of nitrogens with two attached hydrogens (primary N) is 1. The average molecular weight is 263 g/mol. The fraction of sp³-hybridized carbons (Fsp3) is 0.429. The Morgan fingerprint density at radius 3 is 2.86 bits per heavy atom. The maximum Gasteiger partial charge on any atom is 0.223 e. The molecule has 5 N–H and O–H groups in total. The summed E-state index contributed by atoms with van der Waals surface area (Å²) in [6, 6.07) is 1.63. The van der Waals surface area contributed by atoms with Gasteiger partial charge >= 0.3 is 0 Å². The summed E-state index contributed by atoms with van der Waals surface area (Å²) in [6.45, 7) is -0.0892. The number of aliphatic hydroxyl groups is 2. The van der Waals surface area contributed by atoms with Crippen molar-refractivity contribution in [2.45, 2.75) is 6.10 Å². The van der Waals surface area contributed by atoms with E-state index in [9.17, 15) is 0 Å². The predicted molar refractivity (Wildman–Crippen MR) is 55.7 cm³/mol. The number of aliphatic hydroxyl groups excluding tert-OH is 2. The molecule has 1 rings (SSSR count). The number of hydrogen-bond donors (Lipinski definition) is 4. The highest BCUT2D eigenvalue weighted by Gasteiger charge is 2.03. The minimum absolute atomic E-state index is 0.139. The molecule has 0 aliphatic carbocycles. The Kier molecular flexibility index (Phi) is 4.05. The van der Waals surface area contributed by atoms with Gasteiger partial charge in [-0.2, -0.15) is 4.98 Å². The van der Waals surface area contributed by atoms with Crippen molar-refractivity contribution >= 4 is 27.7 Å². The number of halogens is 1. The Balaban J connectivity index is 2.58. The van der Waals surface area contributed by atoms with Crippen LogP contribution in [0.4, 0.5) is 11.8 Å². The van der Waals surface area contributed by atoms with Crippen molar-refractivity contribution in [2.75, 3.05) is 24.2 Å². The zero-order valence-corrected chi connectivity index (χ0v) is 8.90. The van der Waals surface area contributed by atoms with Crippen LogP contribution in [0, 0.1) is 0 Å². The van der Waals surface area contributed by atoms with Crippen molar-refractivity contribution in [3.63, 3.8) is 0 Å². The molecule has 0 fully saturated rings. The third kappa shape index (κ3) is 3.44. The topological polar surface area (TPSA) is 104 Å². The first-order valence-corrected chi connectivity index (χ1v) is 4.74. The van der Waals surface area contributed by atoms with Crippen LogP contribution in [-0.4, -0.2) is 39.4 Å². The first-order valence-electron chi connectivity index (χ1n) is 3.94. The highest BCUT2D eigenvalue weighted by Crippen LogP contribution is 2.12. The molecule has 78 valence electrons. The van der Waals surface area contributed by atoms with Gasteiger partial charge < -0.3 is 21.3 Å². The Bertz CT molecular complexity index is 289. The second-order valence-corrected chi connectivity index (χ2v) is 3.46. The van der Waals surface area contributed by atoms with E-state index in [2.05, 4.69) is 31.2 Å². The van der Waals surface area contributed by atoms with Gasteiger partial charge in [0, 0.05) is 12.6 Å². The highest BCUT2D eigenvalue weighted by atomic mass is 79.9. The quantitative estimate of drug-likeness (QED) is 0.550. The van der Waals surface area contributed by atoms with Crippen LogP contribution in [0.3, 0.4) is 0 Å². The van der Waals surface area contributed by atoms with Crippen molar-refractivity contribution in [3.05, 3.63) is 10.7 Å². The average Bonchev–Trinajstić information content (AvgIpc) is 2.12. The maximum absolute atomic E-state index is 9.06. The van der Waals surface area contributed by atoms with E-state index in [4.69, 9.17) is 15.9 Å². The number of hydrogen-bond acceptors (Lipinski definition) is 6. The summed E-state index contributed by atoms with van der Waals surface area (Å²) < 4.78 is 0.561. The molecular weight excluding hydrogens is 252 g/mol. The zero-order chi connectivity index (χ0) is 10.6. The highest BCUT2D eigenvalue weighted by molar-refractivity contribution is 9.10. The fourth-order valence-electron chi connectivity index (χ4n) is 0.813. The van der Waals surface area contributed by atoms with Crippen LogP contribution in [0.5, 0.6) is 0 Å². The molecule has 0 saturated carbocycles.